The van der Waals surface area contributed by atoms with Crippen molar-refractivity contribution in [2.24, 2.45) is 11.1 Å². The maximum absolute atomic E-state index is 11.4. The molecule has 1 saturated heterocycles. The summed E-state index contributed by atoms with van der Waals surface area (Å²) in [6.07, 6.45) is 0.708. The number of likely N-dealkylation sites (tertiary alicyclic amines) is 1. The number of furan rings is 1. The van der Waals surface area contributed by atoms with Crippen molar-refractivity contribution in [1.82, 2.24) is 4.90 Å². The molecule has 0 saturated carbocycles. The molecule has 0 aliphatic carbocycles. The summed E-state index contributed by atoms with van der Waals surface area (Å²) in [6.45, 7) is 5.08. The summed E-state index contributed by atoms with van der Waals surface area (Å²) in [4.78, 5) is 24.3. The van der Waals surface area contributed by atoms with E-state index in [0.717, 1.165) is 6.54 Å². The van der Waals surface area contributed by atoms with Crippen LogP contribution in [0.3, 0.4) is 0 Å². The van der Waals surface area contributed by atoms with Crippen LogP contribution < -0.4 is 5.73 Å². The molecule has 2 rings (SSSR count). The highest BCUT2D eigenvalue weighted by Crippen LogP contribution is 2.35. The molecule has 1 aliphatic heterocycles. The lowest BCUT2D eigenvalue weighted by Crippen LogP contribution is -2.37. The first-order valence-corrected chi connectivity index (χ1v) is 6.20. The minimum Gasteiger partial charge on any atom is -0.475 e. The minimum absolute atomic E-state index is 0.0706. The van der Waals surface area contributed by atoms with Crippen LogP contribution in [0.4, 0.5) is 0 Å². The van der Waals surface area contributed by atoms with E-state index in [4.69, 9.17) is 15.3 Å². The number of carboxylic acid groups (broad SMARTS) is 1. The van der Waals surface area contributed by atoms with Crippen molar-refractivity contribution in [3.63, 3.8) is 0 Å². The van der Waals surface area contributed by atoms with Crippen molar-refractivity contribution in [3.8, 4) is 0 Å². The van der Waals surface area contributed by atoms with Gasteiger partial charge in [0.15, 0.2) is 0 Å². The Kier molecular flexibility index (Phi) is 3.36. The number of carboxylic acids is 1. The maximum atomic E-state index is 11.4. The lowest BCUT2D eigenvalue weighted by molar-refractivity contribution is -0.126. The average Bonchev–Trinajstić information content (AvgIpc) is 2.95. The predicted molar refractivity (Wildman–Crippen MR) is 67.6 cm³/mol. The van der Waals surface area contributed by atoms with Gasteiger partial charge in [0.1, 0.15) is 5.76 Å². The van der Waals surface area contributed by atoms with Gasteiger partial charge in [-0.15, -0.1) is 0 Å². The molecule has 19 heavy (non-hydrogen) atoms. The molecular formula is C13H18N2O4. The number of hydrogen-bond donors (Lipinski definition) is 2. The third-order valence-corrected chi connectivity index (χ3v) is 3.89. The van der Waals surface area contributed by atoms with E-state index in [9.17, 15) is 9.59 Å². The molecule has 1 aromatic rings. The molecule has 1 amide bonds. The van der Waals surface area contributed by atoms with E-state index < -0.39 is 11.4 Å². The number of rotatable bonds is 4. The molecule has 0 aromatic carbocycles. The molecule has 2 heterocycles. The van der Waals surface area contributed by atoms with Crippen molar-refractivity contribution in [2.45, 2.75) is 26.3 Å². The van der Waals surface area contributed by atoms with E-state index in [1.807, 2.05) is 13.8 Å². The van der Waals surface area contributed by atoms with Crippen LogP contribution in [-0.4, -0.2) is 35.0 Å². The molecule has 1 fully saturated rings. The average molecular weight is 266 g/mol. The van der Waals surface area contributed by atoms with Gasteiger partial charge in [0.2, 0.25) is 11.7 Å². The molecule has 0 radical (unpaired) electrons. The first kappa shape index (κ1) is 13.6. The normalized spacial score (nSPS) is 25.4. The lowest BCUT2D eigenvalue weighted by Gasteiger charge is -2.25. The first-order valence-electron chi connectivity index (χ1n) is 6.20. The Morgan fingerprint density at radius 3 is 2.68 bits per heavy atom. The predicted octanol–water partition coefficient (Wildman–Crippen LogP) is 1.24. The van der Waals surface area contributed by atoms with E-state index >= 15 is 0 Å². The van der Waals surface area contributed by atoms with Crippen LogP contribution >= 0.6 is 0 Å². The van der Waals surface area contributed by atoms with Crippen molar-refractivity contribution in [1.29, 1.82) is 0 Å². The van der Waals surface area contributed by atoms with Gasteiger partial charge in [-0.3, -0.25) is 9.69 Å². The van der Waals surface area contributed by atoms with E-state index in [0.29, 0.717) is 18.7 Å². The second-order valence-electron chi connectivity index (χ2n) is 5.33. The summed E-state index contributed by atoms with van der Waals surface area (Å²) in [6, 6.07) is 3.03. The zero-order valence-corrected chi connectivity index (χ0v) is 11.0. The highest BCUT2D eigenvalue weighted by atomic mass is 16.4. The Morgan fingerprint density at radius 1 is 1.53 bits per heavy atom. The van der Waals surface area contributed by atoms with E-state index in [1.165, 1.54) is 6.07 Å². The van der Waals surface area contributed by atoms with Gasteiger partial charge < -0.3 is 15.3 Å². The van der Waals surface area contributed by atoms with Crippen LogP contribution in [0.2, 0.25) is 0 Å². The molecule has 0 spiro atoms. The van der Waals surface area contributed by atoms with Gasteiger partial charge in [0, 0.05) is 6.54 Å². The van der Waals surface area contributed by atoms with Gasteiger partial charge in [0.05, 0.1) is 11.5 Å². The summed E-state index contributed by atoms with van der Waals surface area (Å²) in [7, 11) is 0. The van der Waals surface area contributed by atoms with Crippen LogP contribution in [-0.2, 0) is 4.79 Å². The van der Waals surface area contributed by atoms with Crippen molar-refractivity contribution >= 4 is 11.9 Å². The number of carbonyl (C=O) groups is 2. The molecule has 2 unspecified atom stereocenters. The number of amides is 1. The van der Waals surface area contributed by atoms with Gasteiger partial charge in [0.25, 0.3) is 0 Å². The highest BCUT2D eigenvalue weighted by Gasteiger charge is 2.41. The van der Waals surface area contributed by atoms with Crippen LogP contribution in [0.1, 0.15) is 42.6 Å². The zero-order chi connectivity index (χ0) is 14.2. The van der Waals surface area contributed by atoms with Crippen LogP contribution in [0.5, 0.6) is 0 Å². The zero-order valence-electron chi connectivity index (χ0n) is 11.0. The number of nitrogens with two attached hydrogens (primary N) is 1. The minimum atomic E-state index is -1.08. The van der Waals surface area contributed by atoms with Crippen LogP contribution in [0.25, 0.3) is 0 Å². The fourth-order valence-electron chi connectivity index (χ4n) is 2.40. The Balaban J connectivity index is 2.10. The lowest BCUT2D eigenvalue weighted by atomic mass is 9.89. The number of nitrogens with zero attached hydrogens (tertiary/aromatic N) is 1. The first-order chi connectivity index (χ1) is 8.83. The van der Waals surface area contributed by atoms with Gasteiger partial charge in [-0.2, -0.15) is 0 Å². The molecule has 6 heteroatoms. The third kappa shape index (κ3) is 2.49. The summed E-state index contributed by atoms with van der Waals surface area (Å²) < 4.78 is 5.29. The number of primary amides is 1. The largest absolute Gasteiger partial charge is 0.475 e. The summed E-state index contributed by atoms with van der Waals surface area (Å²) in [5.74, 6) is -0.862. The topological polar surface area (TPSA) is 96.8 Å². The quantitative estimate of drug-likeness (QED) is 0.854. The van der Waals surface area contributed by atoms with E-state index in [1.54, 1.807) is 6.07 Å². The molecule has 0 bridgehead atoms. The van der Waals surface area contributed by atoms with E-state index in [-0.39, 0.29) is 17.7 Å². The van der Waals surface area contributed by atoms with Crippen LogP contribution in [0, 0.1) is 5.41 Å². The molecule has 104 valence electrons. The van der Waals surface area contributed by atoms with Crippen molar-refractivity contribution in [3.05, 3.63) is 23.7 Å². The molecular weight excluding hydrogens is 248 g/mol. The second kappa shape index (κ2) is 4.70. The molecule has 2 atom stereocenters. The Morgan fingerprint density at radius 2 is 2.21 bits per heavy atom. The monoisotopic (exact) mass is 266 g/mol. The Labute approximate surface area is 111 Å². The molecule has 1 aromatic heterocycles. The summed E-state index contributed by atoms with van der Waals surface area (Å²) in [5.41, 5.74) is 4.89. The summed E-state index contributed by atoms with van der Waals surface area (Å²) in [5, 5.41) is 8.83. The maximum Gasteiger partial charge on any atom is 0.371 e. The fraction of sp³-hybridized carbons (Fsp3) is 0.538. The molecule has 1 aliphatic rings. The fourth-order valence-corrected chi connectivity index (χ4v) is 2.40. The van der Waals surface area contributed by atoms with Gasteiger partial charge in [-0.1, -0.05) is 0 Å². The smallest absolute Gasteiger partial charge is 0.371 e. The molecule has 3 N–H and O–H groups in total. The Bertz CT molecular complexity index is 510. The van der Waals surface area contributed by atoms with Gasteiger partial charge in [-0.05, 0) is 38.9 Å². The second-order valence-corrected chi connectivity index (χ2v) is 5.33. The van der Waals surface area contributed by atoms with Gasteiger partial charge in [-0.25, -0.2) is 4.79 Å². The standard InChI is InChI=1S/C13H18N2O4/c1-8(9-3-4-10(19-9)11(16)17)15-6-5-13(2,7-15)12(14)18/h3-4,8H,5-7H2,1-2H3,(H2,14,18)(H,16,17). The molecule has 6 nitrogen and oxygen atoms in total. The summed E-state index contributed by atoms with van der Waals surface area (Å²) >= 11 is 0. The Hall–Kier alpha value is -1.82. The SMILES string of the molecule is CC(c1ccc(C(=O)O)o1)N1CCC(C)(C(N)=O)C1. The van der Waals surface area contributed by atoms with E-state index in [2.05, 4.69) is 4.90 Å². The number of aromatic carboxylic acids is 1. The van der Waals surface area contributed by atoms with Crippen LogP contribution in [0.15, 0.2) is 16.5 Å². The number of hydrogen-bond acceptors (Lipinski definition) is 4. The van der Waals surface area contributed by atoms with Crippen molar-refractivity contribution in [2.75, 3.05) is 13.1 Å². The van der Waals surface area contributed by atoms with Gasteiger partial charge >= 0.3 is 5.97 Å². The number of carbonyl (C=O) groups excluding carboxylic acids is 1. The van der Waals surface area contributed by atoms with Crippen molar-refractivity contribution < 1.29 is 19.1 Å². The highest BCUT2D eigenvalue weighted by molar-refractivity contribution is 5.84. The third-order valence-electron chi connectivity index (χ3n) is 3.89.